The van der Waals surface area contributed by atoms with E-state index < -0.39 is 0 Å². The number of nitrogens with zero attached hydrogens (tertiary/aromatic N) is 1. The van der Waals surface area contributed by atoms with Crippen molar-refractivity contribution in [1.82, 2.24) is 0 Å². The van der Waals surface area contributed by atoms with Crippen LogP contribution in [0.5, 0.6) is 0 Å². The maximum Gasteiger partial charge on any atom is 0.0401 e. The van der Waals surface area contributed by atoms with Crippen LogP contribution < -0.4 is 4.90 Å². The van der Waals surface area contributed by atoms with Crippen LogP contribution in [0.2, 0.25) is 0 Å². The molecule has 0 aliphatic rings. The smallest absolute Gasteiger partial charge is 0.0401 e. The van der Waals surface area contributed by atoms with Crippen molar-refractivity contribution in [2.45, 2.75) is 13.8 Å². The zero-order chi connectivity index (χ0) is 11.3. The van der Waals surface area contributed by atoms with Crippen molar-refractivity contribution in [1.29, 1.82) is 0 Å². The van der Waals surface area contributed by atoms with E-state index in [4.69, 9.17) is 0 Å². The third-order valence-corrected chi connectivity index (χ3v) is 2.39. The summed E-state index contributed by atoms with van der Waals surface area (Å²) in [5.41, 5.74) is 3.87. The van der Waals surface area contributed by atoms with Gasteiger partial charge < -0.3 is 4.90 Å². The number of benzene rings is 1. The molecule has 0 saturated carbocycles. The molecule has 80 valence electrons. The lowest BCUT2D eigenvalue weighted by molar-refractivity contribution is 0.949. The summed E-state index contributed by atoms with van der Waals surface area (Å²) in [6.45, 7) is 13.5. The summed E-state index contributed by atoms with van der Waals surface area (Å²) >= 11 is 0. The van der Waals surface area contributed by atoms with Crippen molar-refractivity contribution in [2.24, 2.45) is 0 Å². The standard InChI is InChI=1S/C14H19N/c1-5-9-15(10-6-2)14-8-7-12(3)11-13(14)4/h5-8,11H,1-2,9-10H2,3-4H3. The first-order valence-electron chi connectivity index (χ1n) is 5.23. The Hall–Kier alpha value is -1.50. The molecule has 0 spiro atoms. The molecule has 0 aromatic heterocycles. The molecule has 0 N–H and O–H groups in total. The number of hydrogen-bond donors (Lipinski definition) is 0. The second-order valence-electron chi connectivity index (χ2n) is 3.77. The number of anilines is 1. The van der Waals surface area contributed by atoms with Crippen LogP contribution in [0.25, 0.3) is 0 Å². The first-order valence-corrected chi connectivity index (χ1v) is 5.23. The molecule has 0 heterocycles. The summed E-state index contributed by atoms with van der Waals surface area (Å²) in [7, 11) is 0. The Labute approximate surface area is 92.7 Å². The van der Waals surface area contributed by atoms with Gasteiger partial charge in [-0.3, -0.25) is 0 Å². The molecule has 0 fully saturated rings. The first kappa shape index (κ1) is 11.6. The highest BCUT2D eigenvalue weighted by Gasteiger charge is 2.05. The highest BCUT2D eigenvalue weighted by atomic mass is 15.1. The molecule has 0 radical (unpaired) electrons. The lowest BCUT2D eigenvalue weighted by atomic mass is 10.1. The minimum atomic E-state index is 0.857. The van der Waals surface area contributed by atoms with Crippen LogP contribution >= 0.6 is 0 Å². The SMILES string of the molecule is C=CCN(CC=C)c1ccc(C)cc1C. The number of aryl methyl sites for hydroxylation is 2. The Morgan fingerprint density at radius 1 is 1.13 bits per heavy atom. The van der Waals surface area contributed by atoms with Gasteiger partial charge in [-0.2, -0.15) is 0 Å². The fraction of sp³-hybridized carbons (Fsp3) is 0.286. The predicted octanol–water partition coefficient (Wildman–Crippen LogP) is 3.48. The molecule has 1 aromatic rings. The van der Waals surface area contributed by atoms with Gasteiger partial charge in [0.1, 0.15) is 0 Å². The molecule has 0 aliphatic heterocycles. The quantitative estimate of drug-likeness (QED) is 0.659. The van der Waals surface area contributed by atoms with Crippen molar-refractivity contribution in [3.8, 4) is 0 Å². The monoisotopic (exact) mass is 201 g/mol. The normalized spacial score (nSPS) is 9.73. The minimum absolute atomic E-state index is 0.857. The van der Waals surface area contributed by atoms with E-state index in [1.165, 1.54) is 16.8 Å². The van der Waals surface area contributed by atoms with Gasteiger partial charge in [0.05, 0.1) is 0 Å². The average molecular weight is 201 g/mol. The van der Waals surface area contributed by atoms with Crippen molar-refractivity contribution in [3.05, 3.63) is 54.6 Å². The molecule has 15 heavy (non-hydrogen) atoms. The maximum absolute atomic E-state index is 3.78. The second-order valence-corrected chi connectivity index (χ2v) is 3.77. The largest absolute Gasteiger partial charge is 0.364 e. The Bertz CT molecular complexity index is 342. The van der Waals surface area contributed by atoms with E-state index in [0.29, 0.717) is 0 Å². The molecule has 1 nitrogen and oxygen atoms in total. The zero-order valence-corrected chi connectivity index (χ0v) is 9.66. The summed E-state index contributed by atoms with van der Waals surface area (Å²) in [5, 5.41) is 0. The summed E-state index contributed by atoms with van der Waals surface area (Å²) < 4.78 is 0. The second kappa shape index (κ2) is 5.40. The summed E-state index contributed by atoms with van der Waals surface area (Å²) in [4.78, 5) is 2.26. The first-order chi connectivity index (χ1) is 7.19. The molecule has 1 rings (SSSR count). The molecule has 1 heteroatoms. The van der Waals surface area contributed by atoms with Crippen LogP contribution in [0.3, 0.4) is 0 Å². The molecular formula is C14H19N. The lowest BCUT2D eigenvalue weighted by Gasteiger charge is -2.23. The van der Waals surface area contributed by atoms with Gasteiger partial charge in [0.25, 0.3) is 0 Å². The van der Waals surface area contributed by atoms with Crippen LogP contribution in [0.15, 0.2) is 43.5 Å². The third kappa shape index (κ3) is 2.98. The van der Waals surface area contributed by atoms with Gasteiger partial charge in [0.15, 0.2) is 0 Å². The average Bonchev–Trinajstić information content (AvgIpc) is 2.17. The number of rotatable bonds is 5. The fourth-order valence-corrected chi connectivity index (χ4v) is 1.74. The molecule has 0 amide bonds. The summed E-state index contributed by atoms with van der Waals surface area (Å²) in [6.07, 6.45) is 3.84. The lowest BCUT2D eigenvalue weighted by Crippen LogP contribution is -2.23. The van der Waals surface area contributed by atoms with Crippen LogP contribution in [0, 0.1) is 13.8 Å². The molecule has 0 saturated heterocycles. The molecule has 0 unspecified atom stereocenters. The van der Waals surface area contributed by atoms with Crippen LogP contribution in [0.4, 0.5) is 5.69 Å². The van der Waals surface area contributed by atoms with Gasteiger partial charge in [0.2, 0.25) is 0 Å². The topological polar surface area (TPSA) is 3.24 Å². The van der Waals surface area contributed by atoms with Crippen molar-refractivity contribution in [3.63, 3.8) is 0 Å². The van der Waals surface area contributed by atoms with E-state index in [1.807, 2.05) is 12.2 Å². The van der Waals surface area contributed by atoms with Crippen LogP contribution in [0.1, 0.15) is 11.1 Å². The Morgan fingerprint density at radius 3 is 2.20 bits per heavy atom. The van der Waals surface area contributed by atoms with Gasteiger partial charge >= 0.3 is 0 Å². The van der Waals surface area contributed by atoms with E-state index in [1.54, 1.807) is 0 Å². The van der Waals surface area contributed by atoms with E-state index in [2.05, 4.69) is 50.1 Å². The van der Waals surface area contributed by atoms with Crippen molar-refractivity contribution >= 4 is 5.69 Å². The van der Waals surface area contributed by atoms with Crippen LogP contribution in [-0.4, -0.2) is 13.1 Å². The van der Waals surface area contributed by atoms with Crippen molar-refractivity contribution < 1.29 is 0 Å². The Balaban J connectivity index is 2.98. The Morgan fingerprint density at radius 2 is 1.73 bits per heavy atom. The van der Waals surface area contributed by atoms with E-state index in [9.17, 15) is 0 Å². The van der Waals surface area contributed by atoms with Crippen molar-refractivity contribution in [2.75, 3.05) is 18.0 Å². The molecule has 0 bridgehead atoms. The van der Waals surface area contributed by atoms with Gasteiger partial charge in [-0.1, -0.05) is 29.8 Å². The fourth-order valence-electron chi connectivity index (χ4n) is 1.74. The minimum Gasteiger partial charge on any atom is -0.364 e. The van der Waals surface area contributed by atoms with E-state index >= 15 is 0 Å². The molecule has 0 aliphatic carbocycles. The van der Waals surface area contributed by atoms with Gasteiger partial charge in [-0.25, -0.2) is 0 Å². The van der Waals surface area contributed by atoms with E-state index in [0.717, 1.165) is 13.1 Å². The third-order valence-electron chi connectivity index (χ3n) is 2.39. The maximum atomic E-state index is 3.78. The summed E-state index contributed by atoms with van der Waals surface area (Å²) in [6, 6.07) is 6.51. The van der Waals surface area contributed by atoms with Gasteiger partial charge in [-0.15, -0.1) is 13.2 Å². The highest BCUT2D eigenvalue weighted by molar-refractivity contribution is 5.55. The van der Waals surface area contributed by atoms with E-state index in [-0.39, 0.29) is 0 Å². The zero-order valence-electron chi connectivity index (χ0n) is 9.66. The van der Waals surface area contributed by atoms with Crippen LogP contribution in [-0.2, 0) is 0 Å². The molecular weight excluding hydrogens is 182 g/mol. The number of hydrogen-bond acceptors (Lipinski definition) is 1. The predicted molar refractivity (Wildman–Crippen MR) is 68.5 cm³/mol. The summed E-state index contributed by atoms with van der Waals surface area (Å²) in [5.74, 6) is 0. The molecule has 0 atom stereocenters. The Kier molecular flexibility index (Phi) is 4.17. The van der Waals surface area contributed by atoms with Gasteiger partial charge in [-0.05, 0) is 25.5 Å². The van der Waals surface area contributed by atoms with Gasteiger partial charge in [0, 0.05) is 18.8 Å². The highest BCUT2D eigenvalue weighted by Crippen LogP contribution is 2.20. The molecule has 1 aromatic carbocycles.